The van der Waals surface area contributed by atoms with Crippen molar-refractivity contribution in [2.24, 2.45) is 0 Å². The van der Waals surface area contributed by atoms with Crippen LogP contribution in [0.3, 0.4) is 0 Å². The zero-order chi connectivity index (χ0) is 11.5. The van der Waals surface area contributed by atoms with E-state index in [4.69, 9.17) is 11.6 Å². The third-order valence-corrected chi connectivity index (χ3v) is 3.25. The molecule has 0 bridgehead atoms. The van der Waals surface area contributed by atoms with Crippen molar-refractivity contribution in [1.29, 1.82) is 0 Å². The maximum absolute atomic E-state index is 9.77. The molecule has 0 aliphatic carbocycles. The number of hydrogen-bond donors (Lipinski definition) is 2. The van der Waals surface area contributed by atoms with Gasteiger partial charge in [-0.2, -0.15) is 0 Å². The molecule has 1 aromatic rings. The van der Waals surface area contributed by atoms with Gasteiger partial charge >= 0.3 is 0 Å². The molecule has 3 nitrogen and oxygen atoms in total. The smallest absolute Gasteiger partial charge is 0.138 e. The molecule has 0 saturated carbocycles. The van der Waals surface area contributed by atoms with Crippen molar-refractivity contribution in [3.05, 3.63) is 28.8 Å². The summed E-state index contributed by atoms with van der Waals surface area (Å²) in [7, 11) is 0. The summed E-state index contributed by atoms with van der Waals surface area (Å²) in [5, 5.41) is 19.7. The summed E-state index contributed by atoms with van der Waals surface area (Å²) in [4.78, 5) is 2.14. The van der Waals surface area contributed by atoms with Crippen LogP contribution in [0.2, 0.25) is 5.02 Å². The lowest BCUT2D eigenvalue weighted by Crippen LogP contribution is -2.37. The minimum Gasteiger partial charge on any atom is -0.506 e. The molecule has 1 saturated heterocycles. The summed E-state index contributed by atoms with van der Waals surface area (Å²) in [6.07, 6.45) is 1.63. The lowest BCUT2D eigenvalue weighted by Gasteiger charge is -2.30. The molecule has 1 fully saturated rings. The minimum atomic E-state index is -0.241. The van der Waals surface area contributed by atoms with Crippen LogP contribution in [0.1, 0.15) is 18.4 Å². The van der Waals surface area contributed by atoms with Crippen molar-refractivity contribution in [3.8, 4) is 5.75 Å². The molecule has 88 valence electrons. The standard InChI is InChI=1S/C12H16ClNO2/c13-11-5-1-3-9(12(11)16)7-14-6-2-4-10(15)8-14/h1,3,5,10,15-16H,2,4,6-8H2. The number of aromatic hydroxyl groups is 1. The molecular formula is C12H16ClNO2. The number of β-amino-alcohol motifs (C(OH)–C–C–N with tert-alkyl or cyclic N) is 1. The van der Waals surface area contributed by atoms with Crippen LogP contribution in [0.15, 0.2) is 18.2 Å². The first-order chi connectivity index (χ1) is 7.66. The number of rotatable bonds is 2. The van der Waals surface area contributed by atoms with Gasteiger partial charge in [-0.05, 0) is 25.5 Å². The fraction of sp³-hybridized carbons (Fsp3) is 0.500. The van der Waals surface area contributed by atoms with E-state index in [2.05, 4.69) is 4.90 Å². The van der Waals surface area contributed by atoms with Crippen molar-refractivity contribution >= 4 is 11.6 Å². The Bertz CT molecular complexity index is 370. The van der Waals surface area contributed by atoms with E-state index in [0.717, 1.165) is 24.9 Å². The molecule has 0 aromatic heterocycles. The van der Waals surface area contributed by atoms with E-state index in [1.165, 1.54) is 0 Å². The van der Waals surface area contributed by atoms with E-state index in [-0.39, 0.29) is 11.9 Å². The first kappa shape index (κ1) is 11.7. The Balaban J connectivity index is 2.05. The van der Waals surface area contributed by atoms with Crippen molar-refractivity contribution < 1.29 is 10.2 Å². The molecule has 16 heavy (non-hydrogen) atoms. The molecule has 0 spiro atoms. The normalized spacial score (nSPS) is 22.2. The topological polar surface area (TPSA) is 43.7 Å². The average molecular weight is 242 g/mol. The van der Waals surface area contributed by atoms with Crippen molar-refractivity contribution in [1.82, 2.24) is 4.90 Å². The number of piperidine rings is 1. The summed E-state index contributed by atoms with van der Waals surface area (Å²) < 4.78 is 0. The zero-order valence-corrected chi connectivity index (χ0v) is 9.82. The second kappa shape index (κ2) is 5.04. The van der Waals surface area contributed by atoms with Gasteiger partial charge in [-0.25, -0.2) is 0 Å². The van der Waals surface area contributed by atoms with Crippen LogP contribution in [-0.2, 0) is 6.54 Å². The van der Waals surface area contributed by atoms with Gasteiger partial charge < -0.3 is 10.2 Å². The van der Waals surface area contributed by atoms with Gasteiger partial charge in [-0.3, -0.25) is 4.90 Å². The van der Waals surface area contributed by atoms with Gasteiger partial charge in [0.2, 0.25) is 0 Å². The van der Waals surface area contributed by atoms with Gasteiger partial charge in [0.05, 0.1) is 11.1 Å². The fourth-order valence-corrected chi connectivity index (χ4v) is 2.30. The molecule has 0 radical (unpaired) electrons. The Morgan fingerprint density at radius 3 is 3.00 bits per heavy atom. The third-order valence-electron chi connectivity index (χ3n) is 2.94. The van der Waals surface area contributed by atoms with Crippen molar-refractivity contribution in [2.45, 2.75) is 25.5 Å². The van der Waals surface area contributed by atoms with Crippen molar-refractivity contribution in [2.75, 3.05) is 13.1 Å². The number of hydrogen-bond acceptors (Lipinski definition) is 3. The van der Waals surface area contributed by atoms with E-state index < -0.39 is 0 Å². The number of halogens is 1. The van der Waals surface area contributed by atoms with Gasteiger partial charge in [0, 0.05) is 18.7 Å². The van der Waals surface area contributed by atoms with E-state index in [1.807, 2.05) is 12.1 Å². The maximum atomic E-state index is 9.77. The molecule has 1 unspecified atom stereocenters. The fourth-order valence-electron chi connectivity index (χ4n) is 2.10. The highest BCUT2D eigenvalue weighted by atomic mass is 35.5. The third kappa shape index (κ3) is 2.67. The van der Waals surface area contributed by atoms with Crippen LogP contribution in [-0.4, -0.2) is 34.3 Å². The molecule has 1 heterocycles. The second-order valence-corrected chi connectivity index (χ2v) is 4.69. The Hall–Kier alpha value is -0.770. The lowest BCUT2D eigenvalue weighted by atomic mass is 10.1. The molecule has 1 aromatic carbocycles. The first-order valence-corrected chi connectivity index (χ1v) is 5.91. The summed E-state index contributed by atoms with van der Waals surface area (Å²) >= 11 is 5.84. The van der Waals surface area contributed by atoms with Crippen LogP contribution < -0.4 is 0 Å². The minimum absolute atomic E-state index is 0.157. The lowest BCUT2D eigenvalue weighted by molar-refractivity contribution is 0.0664. The molecule has 2 rings (SSSR count). The highest BCUT2D eigenvalue weighted by Gasteiger charge is 2.18. The summed E-state index contributed by atoms with van der Waals surface area (Å²) in [6.45, 7) is 2.28. The predicted molar refractivity (Wildman–Crippen MR) is 63.6 cm³/mol. The molecule has 0 amide bonds. The van der Waals surface area contributed by atoms with E-state index in [0.29, 0.717) is 18.1 Å². The number of phenols is 1. The Morgan fingerprint density at radius 1 is 1.44 bits per heavy atom. The largest absolute Gasteiger partial charge is 0.506 e. The van der Waals surface area contributed by atoms with Gasteiger partial charge in [0.15, 0.2) is 0 Å². The highest BCUT2D eigenvalue weighted by molar-refractivity contribution is 6.32. The predicted octanol–water partition coefficient (Wildman–Crippen LogP) is 2.00. The number of para-hydroxylation sites is 1. The summed E-state index contributed by atoms with van der Waals surface area (Å²) in [5.74, 6) is 0.157. The molecule has 1 aliphatic rings. The van der Waals surface area contributed by atoms with Gasteiger partial charge in [0.1, 0.15) is 5.75 Å². The van der Waals surface area contributed by atoms with Crippen LogP contribution in [0.4, 0.5) is 0 Å². The van der Waals surface area contributed by atoms with Crippen LogP contribution >= 0.6 is 11.6 Å². The van der Waals surface area contributed by atoms with Crippen molar-refractivity contribution in [3.63, 3.8) is 0 Å². The molecule has 2 N–H and O–H groups in total. The average Bonchev–Trinajstić information content (AvgIpc) is 2.25. The number of likely N-dealkylation sites (tertiary alicyclic amines) is 1. The Morgan fingerprint density at radius 2 is 2.25 bits per heavy atom. The SMILES string of the molecule is Oc1c(Cl)cccc1CN1CCCC(O)C1. The number of benzene rings is 1. The second-order valence-electron chi connectivity index (χ2n) is 4.28. The Kier molecular flexibility index (Phi) is 3.69. The quantitative estimate of drug-likeness (QED) is 0.833. The number of nitrogens with zero attached hydrogens (tertiary/aromatic N) is 1. The first-order valence-electron chi connectivity index (χ1n) is 5.53. The summed E-state index contributed by atoms with van der Waals surface area (Å²) in [6, 6.07) is 5.37. The number of phenolic OH excluding ortho intramolecular Hbond substituents is 1. The Labute approximate surface area is 100 Å². The highest BCUT2D eigenvalue weighted by Crippen LogP contribution is 2.28. The monoisotopic (exact) mass is 241 g/mol. The molecule has 1 aliphatic heterocycles. The van der Waals surface area contributed by atoms with E-state index in [9.17, 15) is 10.2 Å². The van der Waals surface area contributed by atoms with Crippen LogP contribution in [0.5, 0.6) is 5.75 Å². The summed E-state index contributed by atoms with van der Waals surface area (Å²) in [5.41, 5.74) is 0.821. The van der Waals surface area contributed by atoms with Gasteiger partial charge in [-0.1, -0.05) is 23.7 Å². The molecule has 4 heteroatoms. The van der Waals surface area contributed by atoms with Gasteiger partial charge in [0.25, 0.3) is 0 Å². The molecule has 1 atom stereocenters. The molecular weight excluding hydrogens is 226 g/mol. The number of aliphatic hydroxyl groups is 1. The maximum Gasteiger partial charge on any atom is 0.138 e. The van der Waals surface area contributed by atoms with E-state index >= 15 is 0 Å². The van der Waals surface area contributed by atoms with Crippen LogP contribution in [0, 0.1) is 0 Å². The van der Waals surface area contributed by atoms with E-state index in [1.54, 1.807) is 6.07 Å². The zero-order valence-electron chi connectivity index (χ0n) is 9.06. The van der Waals surface area contributed by atoms with Crippen LogP contribution in [0.25, 0.3) is 0 Å². The number of aliphatic hydroxyl groups excluding tert-OH is 1. The van der Waals surface area contributed by atoms with Gasteiger partial charge in [-0.15, -0.1) is 0 Å².